The first kappa shape index (κ1) is 18.8. The van der Waals surface area contributed by atoms with Gasteiger partial charge in [0.05, 0.1) is 19.8 Å². The number of methoxy groups -OCH3 is 1. The molecule has 0 spiro atoms. The maximum absolute atomic E-state index is 11.2. The van der Waals surface area contributed by atoms with Gasteiger partial charge in [0.15, 0.2) is 0 Å². The van der Waals surface area contributed by atoms with Crippen LogP contribution in [0.5, 0.6) is 0 Å². The van der Waals surface area contributed by atoms with Crippen molar-refractivity contribution in [3.05, 3.63) is 0 Å². The highest BCUT2D eigenvalue weighted by Gasteiger charge is 2.01. The Bertz CT molecular complexity index is 262. The summed E-state index contributed by atoms with van der Waals surface area (Å²) in [5.41, 5.74) is 2.23. The van der Waals surface area contributed by atoms with E-state index in [9.17, 15) is 9.59 Å². The summed E-state index contributed by atoms with van der Waals surface area (Å²) in [6.45, 7) is 1.84. The Morgan fingerprint density at radius 2 is 1.75 bits per heavy atom. The first-order valence-electron chi connectivity index (χ1n) is 6.46. The van der Waals surface area contributed by atoms with Crippen LogP contribution in [-0.2, 0) is 28.6 Å². The van der Waals surface area contributed by atoms with Gasteiger partial charge in [0.2, 0.25) is 5.91 Å². The molecule has 2 amide bonds. The zero-order chi connectivity index (χ0) is 15.1. The Kier molecular flexibility index (Phi) is 13.3. The fourth-order valence-electron chi connectivity index (χ4n) is 1.12. The lowest BCUT2D eigenvalue weighted by atomic mass is 10.4. The second-order valence-electron chi connectivity index (χ2n) is 3.81. The largest absolute Gasteiger partial charge is 0.385 e. The third kappa shape index (κ3) is 13.2. The molecule has 8 nitrogen and oxygen atoms in total. The molecule has 0 aliphatic heterocycles. The van der Waals surface area contributed by atoms with Crippen LogP contribution in [0.1, 0.15) is 12.8 Å². The second-order valence-corrected chi connectivity index (χ2v) is 3.81. The SMILES string of the molecule is CNC(=O)CCOCCONC(=O)COCCCOC. The molecular weight excluding hydrogens is 268 g/mol. The number of carbonyl (C=O) groups excluding carboxylic acids is 2. The van der Waals surface area contributed by atoms with Crippen LogP contribution in [-0.4, -0.2) is 65.6 Å². The molecule has 0 aromatic rings. The molecule has 0 saturated heterocycles. The molecule has 8 heteroatoms. The Balaban J connectivity index is 3.21. The van der Waals surface area contributed by atoms with E-state index in [2.05, 4.69) is 10.8 Å². The summed E-state index contributed by atoms with van der Waals surface area (Å²) in [5.74, 6) is -0.433. The normalized spacial score (nSPS) is 10.3. The first-order chi connectivity index (χ1) is 9.70. The molecule has 0 fully saturated rings. The lowest BCUT2D eigenvalue weighted by Gasteiger charge is -2.07. The molecular formula is C12H24N2O6. The quantitative estimate of drug-likeness (QED) is 0.342. The average Bonchev–Trinajstić information content (AvgIpc) is 2.45. The van der Waals surface area contributed by atoms with Crippen molar-refractivity contribution in [2.24, 2.45) is 0 Å². The summed E-state index contributed by atoms with van der Waals surface area (Å²) in [6.07, 6.45) is 1.04. The minimum atomic E-state index is -0.354. The predicted molar refractivity (Wildman–Crippen MR) is 70.9 cm³/mol. The molecule has 118 valence electrons. The standard InChI is InChI=1S/C12H24N2O6/c1-13-11(15)4-7-18-8-9-20-14-12(16)10-19-6-3-5-17-2/h3-10H2,1-2H3,(H,13,15)(H,14,16). The Labute approximate surface area is 119 Å². The summed E-state index contributed by atoms with van der Waals surface area (Å²) in [6, 6.07) is 0. The molecule has 0 aliphatic rings. The molecule has 0 bridgehead atoms. The molecule has 0 saturated carbocycles. The molecule has 0 heterocycles. The van der Waals surface area contributed by atoms with E-state index < -0.39 is 0 Å². The molecule has 0 aliphatic carbocycles. The van der Waals surface area contributed by atoms with Crippen LogP contribution in [0, 0.1) is 0 Å². The van der Waals surface area contributed by atoms with E-state index in [0.717, 1.165) is 6.42 Å². The lowest BCUT2D eigenvalue weighted by Crippen LogP contribution is -2.29. The summed E-state index contributed by atoms with van der Waals surface area (Å²) >= 11 is 0. The highest BCUT2D eigenvalue weighted by molar-refractivity contribution is 5.76. The Morgan fingerprint density at radius 1 is 0.950 bits per heavy atom. The Hall–Kier alpha value is -1.22. The van der Waals surface area contributed by atoms with Gasteiger partial charge in [0.1, 0.15) is 6.61 Å². The number of hydrogen-bond acceptors (Lipinski definition) is 6. The molecule has 0 unspecified atom stereocenters. The number of hydroxylamine groups is 1. The number of hydrogen-bond donors (Lipinski definition) is 2. The van der Waals surface area contributed by atoms with Crippen LogP contribution in [0.25, 0.3) is 0 Å². The number of amides is 2. The minimum absolute atomic E-state index is 0.0543. The van der Waals surface area contributed by atoms with Gasteiger partial charge in [-0.1, -0.05) is 0 Å². The van der Waals surface area contributed by atoms with Crippen LogP contribution in [0.15, 0.2) is 0 Å². The van der Waals surface area contributed by atoms with Crippen molar-refractivity contribution in [1.82, 2.24) is 10.8 Å². The third-order valence-electron chi connectivity index (χ3n) is 2.14. The maximum Gasteiger partial charge on any atom is 0.269 e. The molecule has 20 heavy (non-hydrogen) atoms. The first-order valence-corrected chi connectivity index (χ1v) is 6.46. The van der Waals surface area contributed by atoms with Crippen molar-refractivity contribution < 1.29 is 28.6 Å². The molecule has 2 N–H and O–H groups in total. The summed E-state index contributed by atoms with van der Waals surface area (Å²) in [4.78, 5) is 26.9. The highest BCUT2D eigenvalue weighted by atomic mass is 16.7. The van der Waals surface area contributed by atoms with Crippen molar-refractivity contribution in [1.29, 1.82) is 0 Å². The predicted octanol–water partition coefficient (Wildman–Crippen LogP) is -0.760. The van der Waals surface area contributed by atoms with Crippen LogP contribution in [0.4, 0.5) is 0 Å². The van der Waals surface area contributed by atoms with Crippen molar-refractivity contribution >= 4 is 11.8 Å². The van der Waals surface area contributed by atoms with E-state index in [1.54, 1.807) is 14.2 Å². The number of rotatable bonds is 13. The highest BCUT2D eigenvalue weighted by Crippen LogP contribution is 1.85. The van der Waals surface area contributed by atoms with Gasteiger partial charge in [0, 0.05) is 33.8 Å². The van der Waals surface area contributed by atoms with Gasteiger partial charge in [-0.25, -0.2) is 5.48 Å². The number of ether oxygens (including phenoxy) is 3. The van der Waals surface area contributed by atoms with E-state index in [0.29, 0.717) is 32.8 Å². The van der Waals surface area contributed by atoms with Crippen molar-refractivity contribution in [2.45, 2.75) is 12.8 Å². The Morgan fingerprint density at radius 3 is 2.45 bits per heavy atom. The van der Waals surface area contributed by atoms with Gasteiger partial charge >= 0.3 is 0 Å². The van der Waals surface area contributed by atoms with E-state index in [1.165, 1.54) is 0 Å². The molecule has 0 aromatic heterocycles. The lowest BCUT2D eigenvalue weighted by molar-refractivity contribution is -0.139. The summed E-state index contributed by atoms with van der Waals surface area (Å²) in [5, 5.41) is 2.49. The van der Waals surface area contributed by atoms with Gasteiger partial charge in [-0.05, 0) is 6.42 Å². The molecule has 0 rings (SSSR count). The van der Waals surface area contributed by atoms with Gasteiger partial charge in [-0.2, -0.15) is 0 Å². The van der Waals surface area contributed by atoms with Gasteiger partial charge in [-0.3, -0.25) is 14.4 Å². The smallest absolute Gasteiger partial charge is 0.269 e. The second kappa shape index (κ2) is 14.2. The zero-order valence-corrected chi connectivity index (χ0v) is 12.1. The fraction of sp³-hybridized carbons (Fsp3) is 0.833. The maximum atomic E-state index is 11.2. The van der Waals surface area contributed by atoms with Crippen LogP contribution >= 0.6 is 0 Å². The van der Waals surface area contributed by atoms with E-state index in [1.807, 2.05) is 0 Å². The topological polar surface area (TPSA) is 95.1 Å². The van der Waals surface area contributed by atoms with Gasteiger partial charge < -0.3 is 19.5 Å². The average molecular weight is 292 g/mol. The van der Waals surface area contributed by atoms with Gasteiger partial charge in [0.25, 0.3) is 5.91 Å². The molecule has 0 atom stereocenters. The van der Waals surface area contributed by atoms with Crippen LogP contribution < -0.4 is 10.8 Å². The fourth-order valence-corrected chi connectivity index (χ4v) is 1.12. The van der Waals surface area contributed by atoms with Crippen LogP contribution in [0.2, 0.25) is 0 Å². The third-order valence-corrected chi connectivity index (χ3v) is 2.14. The van der Waals surface area contributed by atoms with E-state index in [4.69, 9.17) is 19.0 Å². The van der Waals surface area contributed by atoms with Crippen molar-refractivity contribution in [2.75, 3.05) is 53.8 Å². The number of nitrogens with one attached hydrogen (secondary N) is 2. The van der Waals surface area contributed by atoms with Crippen molar-refractivity contribution in [3.8, 4) is 0 Å². The van der Waals surface area contributed by atoms with Crippen LogP contribution in [0.3, 0.4) is 0 Å². The number of carbonyl (C=O) groups is 2. The van der Waals surface area contributed by atoms with E-state index in [-0.39, 0.29) is 25.0 Å². The summed E-state index contributed by atoms with van der Waals surface area (Å²) in [7, 11) is 3.18. The molecule has 0 radical (unpaired) electrons. The minimum Gasteiger partial charge on any atom is -0.385 e. The molecule has 0 aromatic carbocycles. The van der Waals surface area contributed by atoms with Gasteiger partial charge in [-0.15, -0.1) is 0 Å². The van der Waals surface area contributed by atoms with E-state index >= 15 is 0 Å². The summed E-state index contributed by atoms with van der Waals surface area (Å²) < 4.78 is 15.1. The van der Waals surface area contributed by atoms with Crippen molar-refractivity contribution in [3.63, 3.8) is 0 Å². The monoisotopic (exact) mass is 292 g/mol. The zero-order valence-electron chi connectivity index (χ0n) is 12.1.